The van der Waals surface area contributed by atoms with E-state index in [0.717, 1.165) is 6.07 Å². The Labute approximate surface area is 91.6 Å². The van der Waals surface area contributed by atoms with Crippen LogP contribution in [0.3, 0.4) is 0 Å². The molecule has 0 heterocycles. The predicted molar refractivity (Wildman–Crippen MR) is 46.4 cm³/mol. The first kappa shape index (κ1) is 12.5. The second-order valence-corrected chi connectivity index (χ2v) is 3.49. The fourth-order valence-corrected chi connectivity index (χ4v) is 1.62. The van der Waals surface area contributed by atoms with E-state index in [1.54, 1.807) is 0 Å². The zero-order valence-electron chi connectivity index (χ0n) is 6.88. The van der Waals surface area contributed by atoms with Crippen molar-refractivity contribution in [1.82, 2.24) is 0 Å². The van der Waals surface area contributed by atoms with Crippen molar-refractivity contribution >= 4 is 23.2 Å². The monoisotopic (exact) mass is 264 g/mol. The summed E-state index contributed by atoms with van der Waals surface area (Å²) in [5.41, 5.74) is -2.75. The zero-order valence-corrected chi connectivity index (χ0v) is 8.39. The molecular formula is C8H3Cl2F5. The van der Waals surface area contributed by atoms with Crippen LogP contribution in [0.5, 0.6) is 0 Å². The summed E-state index contributed by atoms with van der Waals surface area (Å²) in [7, 11) is 0. The van der Waals surface area contributed by atoms with E-state index >= 15 is 0 Å². The van der Waals surface area contributed by atoms with Gasteiger partial charge in [-0.25, -0.2) is 8.78 Å². The Balaban J connectivity index is 3.47. The maximum atomic E-state index is 12.3. The molecular weight excluding hydrogens is 262 g/mol. The highest BCUT2D eigenvalue weighted by Crippen LogP contribution is 2.41. The molecule has 0 atom stereocenters. The Bertz CT molecular complexity index is 372. The maximum Gasteiger partial charge on any atom is 0.416 e. The van der Waals surface area contributed by atoms with Gasteiger partial charge in [0.05, 0.1) is 10.6 Å². The molecule has 0 amide bonds. The Hall–Kier alpha value is -0.550. The highest BCUT2D eigenvalue weighted by atomic mass is 35.5. The van der Waals surface area contributed by atoms with Gasteiger partial charge >= 0.3 is 6.18 Å². The predicted octanol–water partition coefficient (Wildman–Crippen LogP) is 4.95. The molecule has 0 bridgehead atoms. The molecule has 0 nitrogen and oxygen atoms in total. The summed E-state index contributed by atoms with van der Waals surface area (Å²) in [6.07, 6.45) is -8.20. The Morgan fingerprint density at radius 1 is 1.07 bits per heavy atom. The summed E-state index contributed by atoms with van der Waals surface area (Å²) in [5, 5.41) is -1.03. The van der Waals surface area contributed by atoms with E-state index in [1.807, 2.05) is 0 Å². The van der Waals surface area contributed by atoms with Crippen LogP contribution in [0.2, 0.25) is 10.0 Å². The van der Waals surface area contributed by atoms with Crippen molar-refractivity contribution in [3.05, 3.63) is 33.3 Å². The van der Waals surface area contributed by atoms with Crippen LogP contribution >= 0.6 is 23.2 Å². The lowest BCUT2D eigenvalue weighted by atomic mass is 10.1. The van der Waals surface area contributed by atoms with Crippen LogP contribution in [0.1, 0.15) is 17.6 Å². The van der Waals surface area contributed by atoms with Crippen LogP contribution in [0.15, 0.2) is 12.1 Å². The average Bonchev–Trinajstić information content (AvgIpc) is 1.99. The highest BCUT2D eigenvalue weighted by molar-refractivity contribution is 6.35. The lowest BCUT2D eigenvalue weighted by Crippen LogP contribution is -2.10. The molecule has 0 fully saturated rings. The van der Waals surface area contributed by atoms with Gasteiger partial charge in [0, 0.05) is 10.6 Å². The van der Waals surface area contributed by atoms with Crippen molar-refractivity contribution in [2.24, 2.45) is 0 Å². The Morgan fingerprint density at radius 2 is 1.60 bits per heavy atom. The molecule has 1 rings (SSSR count). The molecule has 15 heavy (non-hydrogen) atoms. The number of hydrogen-bond donors (Lipinski definition) is 0. The van der Waals surface area contributed by atoms with Gasteiger partial charge in [-0.3, -0.25) is 0 Å². The quantitative estimate of drug-likeness (QED) is 0.630. The van der Waals surface area contributed by atoms with E-state index in [0.29, 0.717) is 6.07 Å². The molecule has 0 spiro atoms. The van der Waals surface area contributed by atoms with Gasteiger partial charge in [-0.05, 0) is 12.1 Å². The van der Waals surface area contributed by atoms with Gasteiger partial charge < -0.3 is 0 Å². The largest absolute Gasteiger partial charge is 0.416 e. The molecule has 7 heteroatoms. The number of halogens is 7. The second-order valence-electron chi connectivity index (χ2n) is 2.65. The van der Waals surface area contributed by atoms with Crippen molar-refractivity contribution < 1.29 is 22.0 Å². The molecule has 1 aromatic rings. The van der Waals surface area contributed by atoms with E-state index in [4.69, 9.17) is 23.2 Å². The van der Waals surface area contributed by atoms with Crippen molar-refractivity contribution in [2.75, 3.05) is 0 Å². The van der Waals surface area contributed by atoms with Crippen molar-refractivity contribution in [1.29, 1.82) is 0 Å². The van der Waals surface area contributed by atoms with Crippen LogP contribution in [0.4, 0.5) is 22.0 Å². The molecule has 0 radical (unpaired) electrons. The summed E-state index contributed by atoms with van der Waals surface area (Å²) in [6.45, 7) is 0. The molecule has 0 aliphatic carbocycles. The van der Waals surface area contributed by atoms with Gasteiger partial charge in [0.15, 0.2) is 0 Å². The van der Waals surface area contributed by atoms with Crippen LogP contribution in [-0.2, 0) is 6.18 Å². The molecule has 0 saturated carbocycles. The molecule has 0 unspecified atom stereocenters. The zero-order chi connectivity index (χ0) is 11.8. The molecule has 0 N–H and O–H groups in total. The van der Waals surface area contributed by atoms with Crippen LogP contribution in [-0.4, -0.2) is 0 Å². The maximum absolute atomic E-state index is 12.3. The SMILES string of the molecule is FC(F)c1c(Cl)cc(Cl)cc1C(F)(F)F. The normalized spacial score (nSPS) is 12.3. The number of hydrogen-bond acceptors (Lipinski definition) is 0. The fraction of sp³-hybridized carbons (Fsp3) is 0.250. The molecule has 0 aliphatic rings. The number of rotatable bonds is 1. The smallest absolute Gasteiger partial charge is 0.205 e. The fourth-order valence-electron chi connectivity index (χ4n) is 1.04. The summed E-state index contributed by atoms with van der Waals surface area (Å²) in [6, 6.07) is 1.27. The van der Waals surface area contributed by atoms with Gasteiger partial charge in [0.2, 0.25) is 0 Å². The lowest BCUT2D eigenvalue weighted by Gasteiger charge is -2.14. The summed E-state index contributed by atoms with van der Waals surface area (Å²) >= 11 is 10.6. The van der Waals surface area contributed by atoms with Crippen molar-refractivity contribution in [3.63, 3.8) is 0 Å². The van der Waals surface area contributed by atoms with Crippen LogP contribution in [0.25, 0.3) is 0 Å². The third kappa shape index (κ3) is 2.72. The summed E-state index contributed by atoms with van der Waals surface area (Å²) in [5.74, 6) is 0. The minimum atomic E-state index is -4.90. The first-order valence-electron chi connectivity index (χ1n) is 3.57. The topological polar surface area (TPSA) is 0 Å². The van der Waals surface area contributed by atoms with E-state index in [2.05, 4.69) is 0 Å². The molecule has 0 aromatic heterocycles. The minimum absolute atomic E-state index is 0.336. The molecule has 0 saturated heterocycles. The van der Waals surface area contributed by atoms with Crippen molar-refractivity contribution in [2.45, 2.75) is 12.6 Å². The molecule has 0 aliphatic heterocycles. The number of alkyl halides is 5. The van der Waals surface area contributed by atoms with Gasteiger partial charge in [-0.1, -0.05) is 23.2 Å². The first-order chi connectivity index (χ1) is 6.73. The molecule has 84 valence electrons. The third-order valence-corrected chi connectivity index (χ3v) is 2.15. The molecule has 1 aromatic carbocycles. The van der Waals surface area contributed by atoms with Gasteiger partial charge in [0.1, 0.15) is 0 Å². The van der Waals surface area contributed by atoms with Crippen LogP contribution in [0, 0.1) is 0 Å². The van der Waals surface area contributed by atoms with Gasteiger partial charge in [0.25, 0.3) is 6.43 Å². The van der Waals surface area contributed by atoms with Crippen LogP contribution < -0.4 is 0 Å². The average molecular weight is 265 g/mol. The third-order valence-electron chi connectivity index (χ3n) is 1.62. The highest BCUT2D eigenvalue weighted by Gasteiger charge is 2.37. The minimum Gasteiger partial charge on any atom is -0.205 e. The van der Waals surface area contributed by atoms with Gasteiger partial charge in [-0.15, -0.1) is 0 Å². The Kier molecular flexibility index (Phi) is 3.45. The Morgan fingerprint density at radius 3 is 2.00 bits per heavy atom. The van der Waals surface area contributed by atoms with E-state index < -0.39 is 28.8 Å². The first-order valence-corrected chi connectivity index (χ1v) is 4.33. The standard InChI is InChI=1S/C8H3Cl2F5/c9-3-1-4(8(13,14)15)6(7(11)12)5(10)2-3/h1-2,7H. The second kappa shape index (κ2) is 4.14. The van der Waals surface area contributed by atoms with Crippen molar-refractivity contribution in [3.8, 4) is 0 Å². The lowest BCUT2D eigenvalue weighted by molar-refractivity contribution is -0.139. The van der Waals surface area contributed by atoms with E-state index in [-0.39, 0.29) is 5.02 Å². The van der Waals surface area contributed by atoms with E-state index in [9.17, 15) is 22.0 Å². The van der Waals surface area contributed by atoms with E-state index in [1.165, 1.54) is 0 Å². The summed E-state index contributed by atoms with van der Waals surface area (Å²) < 4.78 is 61.6. The van der Waals surface area contributed by atoms with Gasteiger partial charge in [-0.2, -0.15) is 13.2 Å². The number of benzene rings is 1. The summed E-state index contributed by atoms with van der Waals surface area (Å²) in [4.78, 5) is 0.